The fourth-order valence-electron chi connectivity index (χ4n) is 5.22. The molecule has 5 aromatic carbocycles. The molecule has 0 aliphatic carbocycles. The number of rotatable bonds is 8. The third-order valence-electron chi connectivity index (χ3n) is 6.66. The molecule has 0 radical (unpaired) electrons. The lowest BCUT2D eigenvalue weighted by molar-refractivity contribution is 0.0248. The van der Waals surface area contributed by atoms with Crippen LogP contribution in [0.1, 0.15) is 20.7 Å². The van der Waals surface area contributed by atoms with Crippen LogP contribution in [0.4, 0.5) is 0 Å². The Morgan fingerprint density at radius 2 is 1.18 bits per heavy atom. The number of hydrogen-bond donors (Lipinski definition) is 1. The van der Waals surface area contributed by atoms with Gasteiger partial charge in [0.15, 0.2) is 0 Å². The fourth-order valence-corrected chi connectivity index (χ4v) is 5.22. The van der Waals surface area contributed by atoms with E-state index in [4.69, 9.17) is 14.6 Å². The van der Waals surface area contributed by atoms with Crippen molar-refractivity contribution >= 4 is 54.9 Å². The van der Waals surface area contributed by atoms with E-state index in [-0.39, 0.29) is 38.2 Å². The summed E-state index contributed by atoms with van der Waals surface area (Å²) in [6, 6.07) is 20.3. The van der Waals surface area contributed by atoms with Crippen molar-refractivity contribution in [2.75, 3.05) is 39.6 Å². The topological polar surface area (TPSA) is 76.1 Å². The Morgan fingerprint density at radius 1 is 0.618 bits per heavy atom. The predicted octanol–water partition coefficient (Wildman–Crippen LogP) is 4.36. The summed E-state index contributed by atoms with van der Waals surface area (Å²) < 4.78 is 10.7. The maximum absolute atomic E-state index is 13.4. The van der Waals surface area contributed by atoms with E-state index in [2.05, 4.69) is 36.4 Å². The highest BCUT2D eigenvalue weighted by molar-refractivity contribution is 6.38. The first-order valence-electron chi connectivity index (χ1n) is 11.5. The van der Waals surface area contributed by atoms with Crippen molar-refractivity contribution in [3.8, 4) is 0 Å². The minimum Gasteiger partial charge on any atom is -0.394 e. The number of imide groups is 1. The van der Waals surface area contributed by atoms with Crippen molar-refractivity contribution < 1.29 is 24.2 Å². The molecule has 0 aromatic heterocycles. The van der Waals surface area contributed by atoms with Crippen molar-refractivity contribution in [3.63, 3.8) is 0 Å². The van der Waals surface area contributed by atoms with Crippen LogP contribution in [0, 0.1) is 0 Å². The summed E-state index contributed by atoms with van der Waals surface area (Å²) in [6.45, 7) is 1.31. The minimum absolute atomic E-state index is 0.0358. The quantitative estimate of drug-likeness (QED) is 0.164. The molecule has 1 heterocycles. The Morgan fingerprint density at radius 3 is 1.76 bits per heavy atom. The van der Waals surface area contributed by atoms with Crippen LogP contribution in [-0.4, -0.2) is 61.4 Å². The molecule has 0 bridgehead atoms. The molecule has 0 unspecified atom stereocenters. The molecular formula is C28H23NO5. The summed E-state index contributed by atoms with van der Waals surface area (Å²) in [4.78, 5) is 28.0. The average Bonchev–Trinajstić information content (AvgIpc) is 2.87. The third-order valence-corrected chi connectivity index (χ3v) is 6.66. The molecule has 0 spiro atoms. The number of carbonyl (C=O) groups is 2. The van der Waals surface area contributed by atoms with E-state index in [9.17, 15) is 9.59 Å². The lowest BCUT2D eigenvalue weighted by Crippen LogP contribution is -2.42. The number of carbonyl (C=O) groups excluding carboxylic acids is 2. The summed E-state index contributed by atoms with van der Waals surface area (Å²) in [7, 11) is 0. The SMILES string of the molecule is O=C1c2ccc3c4cccc5cccc(c6ccc(c2c36)C(=O)N1CCOCCOCCO)c54. The van der Waals surface area contributed by atoms with Gasteiger partial charge in [0.2, 0.25) is 0 Å². The van der Waals surface area contributed by atoms with Crippen LogP contribution in [0.5, 0.6) is 0 Å². The lowest BCUT2D eigenvalue weighted by Gasteiger charge is -2.28. The van der Waals surface area contributed by atoms with Crippen LogP contribution in [0.2, 0.25) is 0 Å². The number of benzene rings is 5. The Hall–Kier alpha value is -3.58. The van der Waals surface area contributed by atoms with Gasteiger partial charge in [-0.3, -0.25) is 14.5 Å². The zero-order valence-electron chi connectivity index (χ0n) is 18.5. The van der Waals surface area contributed by atoms with Crippen LogP contribution < -0.4 is 0 Å². The van der Waals surface area contributed by atoms with Gasteiger partial charge in [-0.25, -0.2) is 0 Å². The number of fused-ring (bicyclic) bond motifs is 2. The number of amides is 2. The first-order valence-corrected chi connectivity index (χ1v) is 11.5. The summed E-state index contributed by atoms with van der Waals surface area (Å²) >= 11 is 0. The van der Waals surface area contributed by atoms with Crippen LogP contribution in [0.3, 0.4) is 0 Å². The molecule has 170 valence electrons. The molecular weight excluding hydrogens is 430 g/mol. The van der Waals surface area contributed by atoms with Crippen molar-refractivity contribution in [3.05, 3.63) is 71.8 Å². The molecule has 1 aliphatic rings. The maximum Gasteiger partial charge on any atom is 0.261 e. The van der Waals surface area contributed by atoms with Crippen molar-refractivity contribution in [1.82, 2.24) is 4.90 Å². The van der Waals surface area contributed by atoms with E-state index >= 15 is 0 Å². The number of hydrogen-bond acceptors (Lipinski definition) is 5. The van der Waals surface area contributed by atoms with E-state index in [1.165, 1.54) is 15.7 Å². The zero-order valence-corrected chi connectivity index (χ0v) is 18.5. The minimum atomic E-state index is -0.293. The van der Waals surface area contributed by atoms with Gasteiger partial charge in [-0.1, -0.05) is 48.5 Å². The molecule has 6 rings (SSSR count). The van der Waals surface area contributed by atoms with Crippen molar-refractivity contribution in [2.24, 2.45) is 0 Å². The first-order chi connectivity index (χ1) is 16.7. The third kappa shape index (κ3) is 3.07. The highest BCUT2D eigenvalue weighted by Gasteiger charge is 2.33. The molecule has 0 atom stereocenters. The van der Waals surface area contributed by atoms with Gasteiger partial charge < -0.3 is 14.6 Å². The van der Waals surface area contributed by atoms with E-state index in [1.54, 1.807) is 0 Å². The second-order valence-electron chi connectivity index (χ2n) is 8.49. The van der Waals surface area contributed by atoms with Gasteiger partial charge in [0.1, 0.15) is 0 Å². The number of aliphatic hydroxyl groups excluding tert-OH is 1. The monoisotopic (exact) mass is 453 g/mol. The predicted molar refractivity (Wildman–Crippen MR) is 132 cm³/mol. The summed E-state index contributed by atoms with van der Waals surface area (Å²) in [5, 5.41) is 17.2. The number of nitrogens with zero attached hydrogens (tertiary/aromatic N) is 1. The summed E-state index contributed by atoms with van der Waals surface area (Å²) in [6.07, 6.45) is 0. The molecule has 2 amide bonds. The van der Waals surface area contributed by atoms with E-state index < -0.39 is 0 Å². The second kappa shape index (κ2) is 8.33. The molecule has 0 saturated heterocycles. The van der Waals surface area contributed by atoms with Crippen LogP contribution in [0.15, 0.2) is 60.7 Å². The van der Waals surface area contributed by atoms with Gasteiger partial charge in [0.05, 0.1) is 39.6 Å². The van der Waals surface area contributed by atoms with Crippen LogP contribution in [0.25, 0.3) is 43.1 Å². The van der Waals surface area contributed by atoms with Crippen molar-refractivity contribution in [2.45, 2.75) is 0 Å². The van der Waals surface area contributed by atoms with Gasteiger partial charge >= 0.3 is 0 Å². The molecule has 1 aliphatic heterocycles. The Kier molecular flexibility index (Phi) is 5.14. The van der Waals surface area contributed by atoms with E-state index in [0.29, 0.717) is 24.3 Å². The largest absolute Gasteiger partial charge is 0.394 e. The maximum atomic E-state index is 13.4. The van der Waals surface area contributed by atoms with Crippen LogP contribution in [-0.2, 0) is 9.47 Å². The van der Waals surface area contributed by atoms with Gasteiger partial charge in [0, 0.05) is 16.5 Å². The molecule has 6 nitrogen and oxygen atoms in total. The standard InChI is InChI=1S/C28H23NO5/c30-12-14-34-16-15-33-13-11-29-27(31)22-9-7-20-18-5-1-3-17-4-2-6-19(24(17)18)21-8-10-23(28(29)32)26(22)25(20)21/h1-10,30H,11-16H2. The normalized spacial score (nSPS) is 13.9. The van der Waals surface area contributed by atoms with Gasteiger partial charge in [-0.05, 0) is 49.8 Å². The summed E-state index contributed by atoms with van der Waals surface area (Å²) in [5.41, 5.74) is 1.10. The number of ether oxygens (including phenoxy) is 2. The summed E-state index contributed by atoms with van der Waals surface area (Å²) in [5.74, 6) is -0.586. The van der Waals surface area contributed by atoms with Crippen molar-refractivity contribution in [1.29, 1.82) is 0 Å². The van der Waals surface area contributed by atoms with Crippen LogP contribution >= 0.6 is 0 Å². The molecule has 34 heavy (non-hydrogen) atoms. The van der Waals surface area contributed by atoms with E-state index in [1.807, 2.05) is 24.3 Å². The first kappa shape index (κ1) is 21.0. The fraction of sp³-hybridized carbons (Fsp3) is 0.214. The molecule has 6 heteroatoms. The zero-order chi connectivity index (χ0) is 23.2. The van der Waals surface area contributed by atoms with Gasteiger partial charge in [-0.15, -0.1) is 0 Å². The second-order valence-corrected chi connectivity index (χ2v) is 8.49. The lowest BCUT2D eigenvalue weighted by atomic mass is 9.85. The Bertz CT molecular complexity index is 1470. The Labute approximate surface area is 195 Å². The van der Waals surface area contributed by atoms with Gasteiger partial charge in [-0.2, -0.15) is 0 Å². The number of aliphatic hydroxyl groups is 1. The highest BCUT2D eigenvalue weighted by atomic mass is 16.5. The smallest absolute Gasteiger partial charge is 0.261 e. The van der Waals surface area contributed by atoms with E-state index in [0.717, 1.165) is 32.3 Å². The van der Waals surface area contributed by atoms with Gasteiger partial charge in [0.25, 0.3) is 11.8 Å². The molecule has 1 N–H and O–H groups in total. The highest BCUT2D eigenvalue weighted by Crippen LogP contribution is 2.43. The average molecular weight is 453 g/mol. The molecule has 5 aromatic rings. The molecule has 0 fully saturated rings. The molecule has 0 saturated carbocycles. The Balaban J connectivity index is 1.42.